The second-order valence-corrected chi connectivity index (χ2v) is 8.92. The molecule has 0 radical (unpaired) electrons. The average molecular weight is 464 g/mol. The number of amides is 2. The summed E-state index contributed by atoms with van der Waals surface area (Å²) in [6.07, 6.45) is 3.50. The van der Waals surface area contributed by atoms with Crippen LogP contribution in [-0.4, -0.2) is 81.1 Å². The molecule has 1 heterocycles. The van der Waals surface area contributed by atoms with Gasteiger partial charge in [-0.3, -0.25) is 19.2 Å². The van der Waals surface area contributed by atoms with Crippen LogP contribution in [0.1, 0.15) is 51.9 Å². The number of ether oxygens (including phenoxy) is 1. The third kappa shape index (κ3) is 10.8. The van der Waals surface area contributed by atoms with Gasteiger partial charge in [0.25, 0.3) is 0 Å². The topological polar surface area (TPSA) is 188 Å². The molecule has 0 aromatic rings. The van der Waals surface area contributed by atoms with Crippen LogP contribution in [0.2, 0.25) is 0 Å². The summed E-state index contributed by atoms with van der Waals surface area (Å²) in [7, 11) is 0. The number of nitrogens with one attached hydrogen (secondary N) is 2. The summed E-state index contributed by atoms with van der Waals surface area (Å²) in [5.41, 5.74) is 5.38. The molecule has 0 aromatic heterocycles. The molecule has 11 nitrogen and oxygen atoms in total. The van der Waals surface area contributed by atoms with Crippen LogP contribution in [0.4, 0.5) is 0 Å². The van der Waals surface area contributed by atoms with E-state index in [2.05, 4.69) is 17.6 Å². The predicted molar refractivity (Wildman–Crippen MR) is 113 cm³/mol. The van der Waals surface area contributed by atoms with E-state index in [1.165, 1.54) is 11.8 Å². The summed E-state index contributed by atoms with van der Waals surface area (Å²) in [4.78, 5) is 46.0. The van der Waals surface area contributed by atoms with Crippen molar-refractivity contribution in [2.45, 2.75) is 75.0 Å². The number of hydrogen-bond acceptors (Lipinski definition) is 8. The molecule has 1 aliphatic rings. The van der Waals surface area contributed by atoms with Crippen molar-refractivity contribution in [1.82, 2.24) is 10.6 Å². The largest absolute Gasteiger partial charge is 0.480 e. The number of carboxylic acids is 2. The molecule has 1 saturated heterocycles. The molecule has 1 fully saturated rings. The van der Waals surface area contributed by atoms with E-state index in [0.717, 1.165) is 19.3 Å². The van der Waals surface area contributed by atoms with Crippen LogP contribution in [0.5, 0.6) is 0 Å². The van der Waals surface area contributed by atoms with Gasteiger partial charge in [-0.1, -0.05) is 19.8 Å². The minimum atomic E-state index is -1.23. The average Bonchev–Trinajstić information content (AvgIpc) is 3.08. The van der Waals surface area contributed by atoms with Gasteiger partial charge in [0.05, 0.1) is 6.61 Å². The fourth-order valence-electron chi connectivity index (χ4n) is 3.03. The van der Waals surface area contributed by atoms with Crippen molar-refractivity contribution in [1.29, 1.82) is 0 Å². The second-order valence-electron chi connectivity index (χ2n) is 7.59. The molecule has 4 atom stereocenters. The van der Waals surface area contributed by atoms with Crippen LogP contribution in [0, 0.1) is 0 Å². The van der Waals surface area contributed by atoms with Gasteiger partial charge < -0.3 is 36.4 Å². The quantitative estimate of drug-likeness (QED) is 0.175. The minimum absolute atomic E-state index is 0.0845. The predicted octanol–water partition coefficient (Wildman–Crippen LogP) is -0.345. The number of nitrogens with two attached hydrogens (primary N) is 1. The van der Waals surface area contributed by atoms with Crippen LogP contribution in [0.3, 0.4) is 0 Å². The molecule has 1 rings (SSSR count). The molecule has 0 aromatic carbocycles. The lowest BCUT2D eigenvalue weighted by Gasteiger charge is -2.22. The zero-order valence-electron chi connectivity index (χ0n) is 17.7. The summed E-state index contributed by atoms with van der Waals surface area (Å²) in [6, 6.07) is -2.22. The van der Waals surface area contributed by atoms with E-state index in [-0.39, 0.29) is 23.8 Å². The van der Waals surface area contributed by atoms with E-state index >= 15 is 0 Å². The monoisotopic (exact) mass is 463 g/mol. The minimum Gasteiger partial charge on any atom is -0.480 e. The van der Waals surface area contributed by atoms with E-state index < -0.39 is 48.2 Å². The van der Waals surface area contributed by atoms with Gasteiger partial charge >= 0.3 is 11.9 Å². The molecule has 31 heavy (non-hydrogen) atoms. The molecule has 0 aliphatic carbocycles. The Labute approximate surface area is 185 Å². The first-order chi connectivity index (χ1) is 14.6. The maximum absolute atomic E-state index is 12.3. The number of carbonyl (C=O) groups excluding carboxylic acids is 2. The van der Waals surface area contributed by atoms with Crippen molar-refractivity contribution in [3.8, 4) is 0 Å². The van der Waals surface area contributed by atoms with E-state index in [9.17, 15) is 24.3 Å². The number of carbonyl (C=O) groups is 4. The molecule has 0 saturated carbocycles. The Hall–Kier alpha value is -1.89. The molecule has 0 spiro atoms. The van der Waals surface area contributed by atoms with Gasteiger partial charge in [-0.15, -0.1) is 0 Å². The van der Waals surface area contributed by atoms with Gasteiger partial charge in [0.2, 0.25) is 11.8 Å². The number of thioether (sulfide) groups is 1. The summed E-state index contributed by atoms with van der Waals surface area (Å²) < 4.78 is 5.54. The Morgan fingerprint density at radius 3 is 2.58 bits per heavy atom. The van der Waals surface area contributed by atoms with Gasteiger partial charge in [-0.25, -0.2) is 0 Å². The van der Waals surface area contributed by atoms with Crippen molar-refractivity contribution in [3.05, 3.63) is 0 Å². The first-order valence-corrected chi connectivity index (χ1v) is 11.4. The lowest BCUT2D eigenvalue weighted by Crippen LogP contribution is -2.49. The Kier molecular flexibility index (Phi) is 11.8. The van der Waals surface area contributed by atoms with Crippen molar-refractivity contribution in [2.75, 3.05) is 18.9 Å². The molecule has 1 aliphatic heterocycles. The Morgan fingerprint density at radius 2 is 1.97 bits per heavy atom. The second kappa shape index (κ2) is 13.5. The van der Waals surface area contributed by atoms with Crippen LogP contribution < -0.4 is 16.4 Å². The normalized spacial score (nSPS) is 22.5. The maximum atomic E-state index is 12.3. The highest BCUT2D eigenvalue weighted by Gasteiger charge is 2.38. The number of rotatable bonds is 15. The molecule has 2 unspecified atom stereocenters. The number of hydrogen-bond donors (Lipinski definition) is 6. The van der Waals surface area contributed by atoms with Crippen molar-refractivity contribution in [3.63, 3.8) is 0 Å². The molecule has 178 valence electrons. The molecule has 7 N–H and O–H groups in total. The summed E-state index contributed by atoms with van der Waals surface area (Å²) in [5, 5.41) is 32.7. The van der Waals surface area contributed by atoms with E-state index in [0.29, 0.717) is 19.4 Å². The summed E-state index contributed by atoms with van der Waals surface area (Å²) in [6.45, 7) is 1.78. The van der Waals surface area contributed by atoms with Crippen molar-refractivity contribution in [2.24, 2.45) is 5.73 Å². The lowest BCUT2D eigenvalue weighted by molar-refractivity contribution is -0.175. The number of aliphatic hydroxyl groups is 1. The number of carboxylic acid groups (broad SMARTS) is 2. The van der Waals surface area contributed by atoms with Gasteiger partial charge in [-0.2, -0.15) is 11.8 Å². The van der Waals surface area contributed by atoms with Gasteiger partial charge in [0, 0.05) is 30.3 Å². The van der Waals surface area contributed by atoms with E-state index in [1.54, 1.807) is 0 Å². The summed E-state index contributed by atoms with van der Waals surface area (Å²) in [5.74, 6) is -4.73. The van der Waals surface area contributed by atoms with Gasteiger partial charge in [0.15, 0.2) is 5.79 Å². The van der Waals surface area contributed by atoms with Gasteiger partial charge in [0.1, 0.15) is 18.6 Å². The van der Waals surface area contributed by atoms with E-state index in [4.69, 9.17) is 20.7 Å². The van der Waals surface area contributed by atoms with Crippen LogP contribution in [0.25, 0.3) is 0 Å². The zero-order chi connectivity index (χ0) is 23.4. The first-order valence-electron chi connectivity index (χ1n) is 10.3. The van der Waals surface area contributed by atoms with Crippen LogP contribution >= 0.6 is 11.8 Å². The highest BCUT2D eigenvalue weighted by molar-refractivity contribution is 8.00. The fraction of sp³-hybridized carbons (Fsp3) is 0.789. The standard InChI is InChI=1S/C19H33N3O8S/c1-2-3-4-7-19(29)8-12(10-30-19)31-11-14(17(26)21-9-16(24)25)22-15(23)6-5-13(20)18(27)28/h12-14,29H,2-11,20H2,1H3,(H,21,26)(H,22,23)(H,24,25)(H,27,28)/t12?,13-,14+,19?/m0/s1. The third-order valence-corrected chi connectivity index (χ3v) is 6.12. The molecular weight excluding hydrogens is 430 g/mol. The Balaban J connectivity index is 2.60. The van der Waals surface area contributed by atoms with Crippen molar-refractivity contribution < 1.29 is 39.2 Å². The highest BCUT2D eigenvalue weighted by Crippen LogP contribution is 2.34. The first kappa shape index (κ1) is 27.1. The number of unbranched alkanes of at least 4 members (excludes halogenated alkanes) is 2. The molecule has 0 bridgehead atoms. The lowest BCUT2D eigenvalue weighted by atomic mass is 10.0. The molecule has 12 heteroatoms. The fourth-order valence-corrected chi connectivity index (χ4v) is 4.27. The van der Waals surface area contributed by atoms with Gasteiger partial charge in [-0.05, 0) is 12.8 Å². The van der Waals surface area contributed by atoms with Crippen molar-refractivity contribution >= 4 is 35.5 Å². The zero-order valence-corrected chi connectivity index (χ0v) is 18.5. The smallest absolute Gasteiger partial charge is 0.322 e. The SMILES string of the molecule is CCCCCC1(O)CC(SC[C@@H](NC(=O)CC[C@H](N)C(=O)O)C(=O)NCC(=O)O)CO1. The van der Waals surface area contributed by atoms with E-state index in [1.807, 2.05) is 0 Å². The summed E-state index contributed by atoms with van der Waals surface area (Å²) >= 11 is 1.34. The Bertz CT molecular complexity index is 635. The third-order valence-electron chi connectivity index (χ3n) is 4.82. The molecule has 2 amide bonds. The van der Waals surface area contributed by atoms with Crippen LogP contribution in [0.15, 0.2) is 0 Å². The van der Waals surface area contributed by atoms with Crippen LogP contribution in [-0.2, 0) is 23.9 Å². The maximum Gasteiger partial charge on any atom is 0.322 e. The number of aliphatic carboxylic acids is 2. The molecular formula is C19H33N3O8S. The highest BCUT2D eigenvalue weighted by atomic mass is 32.2. The Morgan fingerprint density at radius 1 is 1.26 bits per heavy atom.